The first-order valence-corrected chi connectivity index (χ1v) is 4.30. The SMILES string of the molecule is N#CCC(=O)c1cc2cc(F)ccc2o1. The molecule has 15 heavy (non-hydrogen) atoms. The van der Waals surface area contributed by atoms with Crippen molar-refractivity contribution in [2.24, 2.45) is 0 Å². The molecule has 0 unspecified atom stereocenters. The second-order valence-electron chi connectivity index (χ2n) is 3.05. The molecule has 4 heteroatoms. The number of Topliss-reactive ketones (excluding diaryl/α,β-unsaturated/α-hetero) is 1. The van der Waals surface area contributed by atoms with Crippen molar-refractivity contribution in [3.63, 3.8) is 0 Å². The summed E-state index contributed by atoms with van der Waals surface area (Å²) in [7, 11) is 0. The Morgan fingerprint density at radius 3 is 3.00 bits per heavy atom. The highest BCUT2D eigenvalue weighted by molar-refractivity contribution is 5.98. The van der Waals surface area contributed by atoms with Gasteiger partial charge in [-0.25, -0.2) is 4.39 Å². The summed E-state index contributed by atoms with van der Waals surface area (Å²) in [5.74, 6) is -0.686. The number of benzene rings is 1. The van der Waals surface area contributed by atoms with Crippen LogP contribution in [-0.4, -0.2) is 5.78 Å². The molecule has 74 valence electrons. The molecule has 0 aliphatic carbocycles. The van der Waals surface area contributed by atoms with Crippen LogP contribution in [0.15, 0.2) is 28.7 Å². The van der Waals surface area contributed by atoms with E-state index in [1.165, 1.54) is 24.3 Å². The van der Waals surface area contributed by atoms with Gasteiger partial charge in [-0.1, -0.05) is 0 Å². The zero-order valence-electron chi connectivity index (χ0n) is 7.66. The van der Waals surface area contributed by atoms with Gasteiger partial charge in [0.1, 0.15) is 17.8 Å². The Labute approximate surface area is 84.7 Å². The zero-order chi connectivity index (χ0) is 10.8. The van der Waals surface area contributed by atoms with Gasteiger partial charge in [0, 0.05) is 5.39 Å². The van der Waals surface area contributed by atoms with E-state index in [2.05, 4.69) is 0 Å². The van der Waals surface area contributed by atoms with Crippen LogP contribution >= 0.6 is 0 Å². The van der Waals surface area contributed by atoms with Gasteiger partial charge >= 0.3 is 0 Å². The fourth-order valence-corrected chi connectivity index (χ4v) is 1.31. The zero-order valence-corrected chi connectivity index (χ0v) is 7.66. The summed E-state index contributed by atoms with van der Waals surface area (Å²) in [6, 6.07) is 7.17. The number of hydrogen-bond acceptors (Lipinski definition) is 3. The molecule has 0 radical (unpaired) electrons. The average molecular weight is 203 g/mol. The van der Waals surface area contributed by atoms with Crippen LogP contribution in [0.1, 0.15) is 17.0 Å². The van der Waals surface area contributed by atoms with Crippen LogP contribution in [0.3, 0.4) is 0 Å². The molecule has 0 bridgehead atoms. The Bertz CT molecular complexity index is 565. The summed E-state index contributed by atoms with van der Waals surface area (Å²) in [5.41, 5.74) is 0.442. The largest absolute Gasteiger partial charge is 0.453 e. The van der Waals surface area contributed by atoms with Gasteiger partial charge < -0.3 is 4.42 Å². The van der Waals surface area contributed by atoms with Gasteiger partial charge in [0.25, 0.3) is 0 Å². The lowest BCUT2D eigenvalue weighted by atomic mass is 10.2. The van der Waals surface area contributed by atoms with Crippen LogP contribution in [0.4, 0.5) is 4.39 Å². The van der Waals surface area contributed by atoms with Crippen LogP contribution in [0, 0.1) is 17.1 Å². The molecule has 0 aliphatic rings. The van der Waals surface area contributed by atoms with Gasteiger partial charge in [0.15, 0.2) is 5.76 Å². The van der Waals surface area contributed by atoms with Gasteiger partial charge in [-0.2, -0.15) is 5.26 Å². The summed E-state index contributed by atoms with van der Waals surface area (Å²) in [4.78, 5) is 11.3. The van der Waals surface area contributed by atoms with Crippen LogP contribution < -0.4 is 0 Å². The normalized spacial score (nSPS) is 10.1. The van der Waals surface area contributed by atoms with E-state index in [0.717, 1.165) is 0 Å². The predicted octanol–water partition coefficient (Wildman–Crippen LogP) is 2.67. The Balaban J connectivity index is 2.48. The van der Waals surface area contributed by atoms with Crippen LogP contribution in [-0.2, 0) is 0 Å². The molecule has 0 fully saturated rings. The highest BCUT2D eigenvalue weighted by Crippen LogP contribution is 2.21. The smallest absolute Gasteiger partial charge is 0.212 e. The minimum Gasteiger partial charge on any atom is -0.453 e. The van der Waals surface area contributed by atoms with Gasteiger partial charge in [0.05, 0.1) is 6.07 Å². The Morgan fingerprint density at radius 2 is 2.27 bits per heavy atom. The second-order valence-corrected chi connectivity index (χ2v) is 3.05. The number of nitrogens with zero attached hydrogens (tertiary/aromatic N) is 1. The quantitative estimate of drug-likeness (QED) is 0.705. The molecule has 3 nitrogen and oxygen atoms in total. The first-order valence-electron chi connectivity index (χ1n) is 4.30. The Kier molecular flexibility index (Phi) is 2.22. The molecule has 0 saturated heterocycles. The molecule has 1 aromatic heterocycles. The monoisotopic (exact) mass is 203 g/mol. The molecule has 0 N–H and O–H groups in total. The third-order valence-electron chi connectivity index (χ3n) is 1.99. The maximum Gasteiger partial charge on any atom is 0.212 e. The first-order chi connectivity index (χ1) is 7.20. The standard InChI is InChI=1S/C11H6FNO2/c12-8-1-2-10-7(5-8)6-11(15-10)9(14)3-4-13/h1-2,5-6H,3H2. The van der Waals surface area contributed by atoms with Crippen molar-refractivity contribution < 1.29 is 13.6 Å². The number of furan rings is 1. The summed E-state index contributed by atoms with van der Waals surface area (Å²) in [5, 5.41) is 8.87. The van der Waals surface area contributed by atoms with E-state index in [1.807, 2.05) is 0 Å². The molecule has 2 rings (SSSR count). The number of nitriles is 1. The topological polar surface area (TPSA) is 54.0 Å². The number of hydrogen-bond donors (Lipinski definition) is 0. The average Bonchev–Trinajstić information content (AvgIpc) is 2.60. The van der Waals surface area contributed by atoms with Gasteiger partial charge in [-0.3, -0.25) is 4.79 Å². The summed E-state index contributed by atoms with van der Waals surface area (Å²) >= 11 is 0. The minimum absolute atomic E-state index is 0.0946. The van der Waals surface area contributed by atoms with E-state index in [9.17, 15) is 9.18 Å². The van der Waals surface area contributed by atoms with E-state index >= 15 is 0 Å². The van der Waals surface area contributed by atoms with Crippen molar-refractivity contribution in [3.8, 4) is 6.07 Å². The van der Waals surface area contributed by atoms with Crippen molar-refractivity contribution in [2.75, 3.05) is 0 Å². The number of carbonyl (C=O) groups is 1. The summed E-state index contributed by atoms with van der Waals surface area (Å²) in [6.45, 7) is 0. The van der Waals surface area contributed by atoms with E-state index in [4.69, 9.17) is 9.68 Å². The van der Waals surface area contributed by atoms with E-state index < -0.39 is 5.78 Å². The van der Waals surface area contributed by atoms with E-state index in [-0.39, 0.29) is 18.0 Å². The van der Waals surface area contributed by atoms with Crippen LogP contribution in [0.25, 0.3) is 11.0 Å². The van der Waals surface area contributed by atoms with E-state index in [1.54, 1.807) is 6.07 Å². The van der Waals surface area contributed by atoms with Crippen molar-refractivity contribution in [3.05, 3.63) is 35.8 Å². The van der Waals surface area contributed by atoms with Crippen molar-refractivity contribution in [2.45, 2.75) is 6.42 Å². The molecule has 2 aromatic rings. The number of ketones is 1. The summed E-state index contributed by atoms with van der Waals surface area (Å²) in [6.07, 6.45) is -0.234. The molecule has 0 aliphatic heterocycles. The lowest BCUT2D eigenvalue weighted by Crippen LogP contribution is -1.93. The molecular weight excluding hydrogens is 197 g/mol. The number of halogens is 1. The number of rotatable bonds is 2. The van der Waals surface area contributed by atoms with Crippen molar-refractivity contribution >= 4 is 16.8 Å². The Morgan fingerprint density at radius 1 is 1.47 bits per heavy atom. The van der Waals surface area contributed by atoms with Crippen molar-refractivity contribution in [1.29, 1.82) is 5.26 Å². The van der Waals surface area contributed by atoms with Crippen LogP contribution in [0.2, 0.25) is 0 Å². The number of fused-ring (bicyclic) bond motifs is 1. The third kappa shape index (κ3) is 1.72. The summed E-state index contributed by atoms with van der Waals surface area (Å²) < 4.78 is 18.0. The number of carbonyl (C=O) groups excluding carboxylic acids is 1. The van der Waals surface area contributed by atoms with Crippen LogP contribution in [0.5, 0.6) is 0 Å². The molecule has 0 amide bonds. The fraction of sp³-hybridized carbons (Fsp3) is 0.0909. The van der Waals surface area contributed by atoms with Gasteiger partial charge in [-0.05, 0) is 24.3 Å². The van der Waals surface area contributed by atoms with Gasteiger partial charge in [0.2, 0.25) is 5.78 Å². The molecule has 0 saturated carbocycles. The molecule has 0 spiro atoms. The first kappa shape index (κ1) is 9.41. The maximum atomic E-state index is 12.8. The maximum absolute atomic E-state index is 12.8. The third-order valence-corrected chi connectivity index (χ3v) is 1.99. The van der Waals surface area contributed by atoms with Gasteiger partial charge in [-0.15, -0.1) is 0 Å². The van der Waals surface area contributed by atoms with Crippen molar-refractivity contribution in [1.82, 2.24) is 0 Å². The highest BCUT2D eigenvalue weighted by atomic mass is 19.1. The lowest BCUT2D eigenvalue weighted by molar-refractivity contribution is 0.0973. The molecule has 0 atom stereocenters. The minimum atomic E-state index is -0.394. The fourth-order valence-electron chi connectivity index (χ4n) is 1.31. The predicted molar refractivity (Wildman–Crippen MR) is 50.7 cm³/mol. The van der Waals surface area contributed by atoms with E-state index in [0.29, 0.717) is 11.0 Å². The lowest BCUT2D eigenvalue weighted by Gasteiger charge is -1.87. The molecule has 1 heterocycles. The second kappa shape index (κ2) is 3.54. The molecule has 1 aromatic carbocycles. The Hall–Kier alpha value is -2.15. The molecular formula is C11H6FNO2. The highest BCUT2D eigenvalue weighted by Gasteiger charge is 2.11.